The molecule has 0 radical (unpaired) electrons. The molecule has 2 aliphatic heterocycles. The van der Waals surface area contributed by atoms with Gasteiger partial charge in [-0.3, -0.25) is 19.3 Å². The van der Waals surface area contributed by atoms with Gasteiger partial charge in [-0.25, -0.2) is 0 Å². The second-order valence-electron chi connectivity index (χ2n) is 8.97. The summed E-state index contributed by atoms with van der Waals surface area (Å²) < 4.78 is 5.37. The maximum absolute atomic E-state index is 13.7. The van der Waals surface area contributed by atoms with Crippen molar-refractivity contribution in [2.75, 3.05) is 40.8 Å². The Kier molecular flexibility index (Phi) is 7.36. The summed E-state index contributed by atoms with van der Waals surface area (Å²) in [5, 5.41) is 0. The fraction of sp³-hybridized carbons (Fsp3) is 0.625. The van der Waals surface area contributed by atoms with Gasteiger partial charge in [0, 0.05) is 38.5 Å². The van der Waals surface area contributed by atoms with Crippen LogP contribution >= 0.6 is 0 Å². The monoisotopic (exact) mass is 429 g/mol. The number of methoxy groups -OCH3 is 1. The number of amides is 3. The van der Waals surface area contributed by atoms with E-state index < -0.39 is 5.41 Å². The van der Waals surface area contributed by atoms with Gasteiger partial charge in [-0.15, -0.1) is 0 Å². The molecule has 1 aromatic carbocycles. The normalized spacial score (nSPS) is 24.2. The molecule has 0 aliphatic carbocycles. The van der Waals surface area contributed by atoms with E-state index in [1.807, 2.05) is 42.1 Å². The summed E-state index contributed by atoms with van der Waals surface area (Å²) >= 11 is 0. The minimum atomic E-state index is -1.18. The van der Waals surface area contributed by atoms with Crippen LogP contribution in [0.3, 0.4) is 0 Å². The fourth-order valence-electron chi connectivity index (χ4n) is 4.83. The molecule has 2 fully saturated rings. The van der Waals surface area contributed by atoms with Gasteiger partial charge < -0.3 is 14.5 Å². The van der Waals surface area contributed by atoms with Crippen molar-refractivity contribution in [1.29, 1.82) is 0 Å². The first-order valence-electron chi connectivity index (χ1n) is 11.3. The maximum atomic E-state index is 13.7. The second-order valence-corrected chi connectivity index (χ2v) is 8.97. The van der Waals surface area contributed by atoms with E-state index in [2.05, 4.69) is 6.92 Å². The first-order chi connectivity index (χ1) is 14.8. The molecule has 0 saturated carbocycles. The molecule has 7 heteroatoms. The number of imide groups is 1. The third-order valence-electron chi connectivity index (χ3n) is 6.67. The molecule has 2 aliphatic rings. The quantitative estimate of drug-likeness (QED) is 0.594. The largest absolute Gasteiger partial charge is 0.497 e. The predicted molar refractivity (Wildman–Crippen MR) is 119 cm³/mol. The average molecular weight is 430 g/mol. The van der Waals surface area contributed by atoms with Crippen LogP contribution in [-0.4, -0.2) is 79.3 Å². The highest BCUT2D eigenvalue weighted by atomic mass is 16.5. The highest BCUT2D eigenvalue weighted by molar-refractivity contribution is 6.10. The zero-order valence-electron chi connectivity index (χ0n) is 19.2. The number of carbonyl (C=O) groups is 3. The van der Waals surface area contributed by atoms with Gasteiger partial charge in [0.1, 0.15) is 5.75 Å². The van der Waals surface area contributed by atoms with Gasteiger partial charge in [-0.05, 0) is 57.5 Å². The number of ether oxygens (including phenoxy) is 1. The van der Waals surface area contributed by atoms with Crippen molar-refractivity contribution in [3.8, 4) is 5.75 Å². The average Bonchev–Trinajstić information content (AvgIpc) is 3.01. The molecule has 2 saturated heterocycles. The van der Waals surface area contributed by atoms with Crippen LogP contribution in [0.15, 0.2) is 24.3 Å². The molecule has 2 heterocycles. The lowest BCUT2D eigenvalue weighted by atomic mass is 9.75. The van der Waals surface area contributed by atoms with Gasteiger partial charge in [0.25, 0.3) is 0 Å². The molecule has 0 N–H and O–H groups in total. The summed E-state index contributed by atoms with van der Waals surface area (Å²) in [6.07, 6.45) is 4.04. The lowest BCUT2D eigenvalue weighted by molar-refractivity contribution is -0.144. The predicted octanol–water partition coefficient (Wildman–Crippen LogP) is 2.43. The van der Waals surface area contributed by atoms with Crippen LogP contribution in [0, 0.1) is 0 Å². The van der Waals surface area contributed by atoms with E-state index in [0.717, 1.165) is 32.2 Å². The van der Waals surface area contributed by atoms with Crippen LogP contribution in [0.4, 0.5) is 0 Å². The van der Waals surface area contributed by atoms with E-state index in [1.54, 1.807) is 13.2 Å². The molecule has 31 heavy (non-hydrogen) atoms. The number of hydrogen-bond donors (Lipinski definition) is 0. The highest BCUT2D eigenvalue weighted by Gasteiger charge is 2.54. The molecule has 2 atom stereocenters. The van der Waals surface area contributed by atoms with Gasteiger partial charge in [0.2, 0.25) is 17.7 Å². The van der Waals surface area contributed by atoms with Gasteiger partial charge in [0.15, 0.2) is 0 Å². The Morgan fingerprint density at radius 1 is 1.26 bits per heavy atom. The van der Waals surface area contributed by atoms with Crippen LogP contribution in [0.1, 0.15) is 51.0 Å². The lowest BCUT2D eigenvalue weighted by Crippen LogP contribution is -2.48. The van der Waals surface area contributed by atoms with E-state index in [0.29, 0.717) is 24.4 Å². The van der Waals surface area contributed by atoms with Crippen molar-refractivity contribution in [2.24, 2.45) is 0 Å². The van der Waals surface area contributed by atoms with Crippen LogP contribution in [0.5, 0.6) is 5.75 Å². The zero-order valence-corrected chi connectivity index (χ0v) is 19.2. The van der Waals surface area contributed by atoms with Crippen LogP contribution in [0.2, 0.25) is 0 Å². The molecule has 3 amide bonds. The number of nitrogens with zero attached hydrogens (tertiary/aromatic N) is 3. The zero-order chi connectivity index (χ0) is 22.6. The Morgan fingerprint density at radius 2 is 2.03 bits per heavy atom. The Morgan fingerprint density at radius 3 is 2.71 bits per heavy atom. The number of likely N-dealkylation sites (tertiary alicyclic amines) is 2. The lowest BCUT2D eigenvalue weighted by Gasteiger charge is -2.37. The van der Waals surface area contributed by atoms with E-state index in [4.69, 9.17) is 4.74 Å². The van der Waals surface area contributed by atoms with Crippen molar-refractivity contribution in [1.82, 2.24) is 14.7 Å². The molecular formula is C24H35N3O4. The minimum absolute atomic E-state index is 0.0136. The summed E-state index contributed by atoms with van der Waals surface area (Å²) in [7, 11) is 5.39. The number of rotatable bonds is 8. The topological polar surface area (TPSA) is 70.2 Å². The van der Waals surface area contributed by atoms with Crippen LogP contribution in [0.25, 0.3) is 0 Å². The van der Waals surface area contributed by atoms with Crippen molar-refractivity contribution < 1.29 is 19.1 Å². The maximum Gasteiger partial charge on any atom is 0.240 e. The molecule has 1 aromatic rings. The molecule has 0 spiro atoms. The van der Waals surface area contributed by atoms with Crippen LogP contribution < -0.4 is 4.74 Å². The Hall–Kier alpha value is -2.41. The van der Waals surface area contributed by atoms with Gasteiger partial charge in [-0.1, -0.05) is 19.1 Å². The van der Waals surface area contributed by atoms with Crippen molar-refractivity contribution >= 4 is 17.7 Å². The van der Waals surface area contributed by atoms with Crippen molar-refractivity contribution in [3.63, 3.8) is 0 Å². The Balaban J connectivity index is 1.96. The summed E-state index contributed by atoms with van der Waals surface area (Å²) in [4.78, 5) is 45.3. The van der Waals surface area contributed by atoms with Gasteiger partial charge >= 0.3 is 0 Å². The molecule has 0 aromatic heterocycles. The summed E-state index contributed by atoms with van der Waals surface area (Å²) in [6, 6.07) is 7.46. The molecule has 170 valence electrons. The van der Waals surface area contributed by atoms with E-state index in [9.17, 15) is 14.4 Å². The summed E-state index contributed by atoms with van der Waals surface area (Å²) in [6.45, 7) is 3.73. The van der Waals surface area contributed by atoms with Gasteiger partial charge in [0.05, 0.1) is 12.5 Å². The Bertz CT molecular complexity index is 825. The fourth-order valence-corrected chi connectivity index (χ4v) is 4.83. The Labute approximate surface area is 185 Å². The molecule has 0 unspecified atom stereocenters. The van der Waals surface area contributed by atoms with E-state index >= 15 is 0 Å². The number of benzene rings is 1. The number of likely N-dealkylation sites (N-methyl/N-ethyl adjacent to an activating group) is 1. The summed E-state index contributed by atoms with van der Waals surface area (Å²) in [5.41, 5.74) is -0.499. The molecule has 7 nitrogen and oxygen atoms in total. The van der Waals surface area contributed by atoms with Crippen LogP contribution in [-0.2, 0) is 19.8 Å². The first-order valence-corrected chi connectivity index (χ1v) is 11.3. The SMILES string of the molecule is CC[C@H]1CCCCN1C(=O)C[C@]1(c2cccc(OC)c2)CC(=O)N(CCN(C)C)C1=O. The third kappa shape index (κ3) is 4.76. The summed E-state index contributed by atoms with van der Waals surface area (Å²) in [5.74, 6) is 0.0878. The minimum Gasteiger partial charge on any atom is -0.497 e. The highest BCUT2D eigenvalue weighted by Crippen LogP contribution is 2.42. The smallest absolute Gasteiger partial charge is 0.240 e. The third-order valence-corrected chi connectivity index (χ3v) is 6.67. The van der Waals surface area contributed by atoms with Gasteiger partial charge in [-0.2, -0.15) is 0 Å². The molecule has 0 bridgehead atoms. The second kappa shape index (κ2) is 9.81. The number of piperidine rings is 1. The number of carbonyl (C=O) groups excluding carboxylic acids is 3. The van der Waals surface area contributed by atoms with E-state index in [-0.39, 0.29) is 36.6 Å². The van der Waals surface area contributed by atoms with Crippen molar-refractivity contribution in [3.05, 3.63) is 29.8 Å². The molecule has 3 rings (SSSR count). The number of hydrogen-bond acceptors (Lipinski definition) is 5. The van der Waals surface area contributed by atoms with Crippen molar-refractivity contribution in [2.45, 2.75) is 56.9 Å². The molecular weight excluding hydrogens is 394 g/mol. The standard InChI is InChI=1S/C24H35N3O4/c1-5-19-10-6-7-12-26(19)21(28)16-24(18-9-8-11-20(15-18)31-4)17-22(29)27(23(24)30)14-13-25(2)3/h8-9,11,15,19H,5-7,10,12-14,16-17H2,1-4H3/t19-,24+/m0/s1. The van der Waals surface area contributed by atoms with E-state index in [1.165, 1.54) is 4.90 Å². The first kappa shape index (κ1) is 23.3.